The smallest absolute Gasteiger partial charge is 0.223 e. The van der Waals surface area contributed by atoms with Gasteiger partial charge in [-0.05, 0) is 31.6 Å². The number of piperazine rings is 1. The summed E-state index contributed by atoms with van der Waals surface area (Å²) in [5, 5.41) is 3.53. The fourth-order valence-electron chi connectivity index (χ4n) is 2.49. The van der Waals surface area contributed by atoms with Crippen LogP contribution in [0.15, 0.2) is 0 Å². The van der Waals surface area contributed by atoms with Gasteiger partial charge in [0.25, 0.3) is 0 Å². The molecule has 1 N–H and O–H groups in total. The van der Waals surface area contributed by atoms with E-state index in [1.165, 1.54) is 12.8 Å². The molecule has 1 heterocycles. The van der Waals surface area contributed by atoms with Crippen molar-refractivity contribution in [2.45, 2.75) is 58.0 Å². The number of amides is 1. The van der Waals surface area contributed by atoms with Crippen molar-refractivity contribution < 1.29 is 4.79 Å². The Bertz CT molecular complexity index is 250. The molecule has 1 saturated heterocycles. The van der Waals surface area contributed by atoms with E-state index in [0.29, 0.717) is 23.9 Å². The lowest BCUT2D eigenvalue weighted by molar-refractivity contribution is -0.135. The molecule has 0 bridgehead atoms. The summed E-state index contributed by atoms with van der Waals surface area (Å²) in [5.74, 6) is 1.11. The molecule has 92 valence electrons. The van der Waals surface area contributed by atoms with Crippen LogP contribution in [0.2, 0.25) is 0 Å². The highest BCUT2D eigenvalue weighted by molar-refractivity contribution is 5.77. The van der Waals surface area contributed by atoms with Gasteiger partial charge in [-0.15, -0.1) is 0 Å². The van der Waals surface area contributed by atoms with E-state index in [9.17, 15) is 4.79 Å². The fourth-order valence-corrected chi connectivity index (χ4v) is 2.49. The van der Waals surface area contributed by atoms with E-state index in [1.54, 1.807) is 0 Å². The fraction of sp³-hybridized carbons (Fsp3) is 0.923. The van der Waals surface area contributed by atoms with Crippen molar-refractivity contribution in [3.05, 3.63) is 0 Å². The molecule has 1 amide bonds. The average molecular weight is 224 g/mol. The molecule has 0 aromatic heterocycles. The monoisotopic (exact) mass is 224 g/mol. The van der Waals surface area contributed by atoms with Crippen LogP contribution in [0.1, 0.15) is 46.0 Å². The van der Waals surface area contributed by atoms with E-state index in [4.69, 9.17) is 0 Å². The first kappa shape index (κ1) is 11.9. The first-order valence-electron chi connectivity index (χ1n) is 6.77. The minimum atomic E-state index is 0.398. The van der Waals surface area contributed by atoms with Crippen molar-refractivity contribution >= 4 is 5.91 Å². The Morgan fingerprint density at radius 3 is 2.62 bits per heavy atom. The summed E-state index contributed by atoms with van der Waals surface area (Å²) in [7, 11) is 0. The molecule has 1 saturated carbocycles. The summed E-state index contributed by atoms with van der Waals surface area (Å²) in [4.78, 5) is 14.3. The molecule has 2 unspecified atom stereocenters. The molecule has 1 aliphatic heterocycles. The van der Waals surface area contributed by atoms with Crippen molar-refractivity contribution in [3.8, 4) is 0 Å². The highest BCUT2D eigenvalue weighted by Gasteiger charge is 2.32. The van der Waals surface area contributed by atoms with Crippen molar-refractivity contribution in [2.24, 2.45) is 5.92 Å². The van der Waals surface area contributed by atoms with Crippen LogP contribution in [0.3, 0.4) is 0 Å². The molecule has 2 fully saturated rings. The molecule has 0 aromatic rings. The lowest BCUT2D eigenvalue weighted by Crippen LogP contribution is -2.57. The first-order chi connectivity index (χ1) is 7.74. The predicted molar refractivity (Wildman–Crippen MR) is 65.2 cm³/mol. The quantitative estimate of drug-likeness (QED) is 0.789. The molecular formula is C13H24N2O. The zero-order valence-electron chi connectivity index (χ0n) is 10.5. The van der Waals surface area contributed by atoms with Crippen LogP contribution in [0.5, 0.6) is 0 Å². The molecule has 0 aromatic carbocycles. The largest absolute Gasteiger partial charge is 0.337 e. The van der Waals surface area contributed by atoms with Gasteiger partial charge in [0, 0.05) is 31.6 Å². The molecule has 16 heavy (non-hydrogen) atoms. The zero-order valence-corrected chi connectivity index (χ0v) is 10.5. The predicted octanol–water partition coefficient (Wildman–Crippen LogP) is 1.78. The SMILES string of the molecule is CCC1CN(C(=O)CC2CC2)C(CC)CN1. The second-order valence-electron chi connectivity index (χ2n) is 5.27. The molecule has 3 heteroatoms. The Kier molecular flexibility index (Phi) is 3.85. The van der Waals surface area contributed by atoms with E-state index in [2.05, 4.69) is 24.1 Å². The molecule has 2 rings (SSSR count). The zero-order chi connectivity index (χ0) is 11.5. The second-order valence-corrected chi connectivity index (χ2v) is 5.27. The molecule has 3 nitrogen and oxygen atoms in total. The van der Waals surface area contributed by atoms with Crippen molar-refractivity contribution in [1.82, 2.24) is 10.2 Å². The van der Waals surface area contributed by atoms with Gasteiger partial charge in [-0.25, -0.2) is 0 Å². The number of carbonyl (C=O) groups is 1. The summed E-state index contributed by atoms with van der Waals surface area (Å²) < 4.78 is 0. The summed E-state index contributed by atoms with van der Waals surface area (Å²) in [5.41, 5.74) is 0. The second kappa shape index (κ2) is 5.17. The molecule has 2 aliphatic rings. The van der Waals surface area contributed by atoms with E-state index >= 15 is 0 Å². The van der Waals surface area contributed by atoms with Gasteiger partial charge in [-0.3, -0.25) is 4.79 Å². The van der Waals surface area contributed by atoms with Crippen molar-refractivity contribution in [2.75, 3.05) is 13.1 Å². The number of rotatable bonds is 4. The Morgan fingerprint density at radius 1 is 1.31 bits per heavy atom. The Balaban J connectivity index is 1.92. The Labute approximate surface area is 98.6 Å². The lowest BCUT2D eigenvalue weighted by Gasteiger charge is -2.40. The van der Waals surface area contributed by atoms with Crippen molar-refractivity contribution in [3.63, 3.8) is 0 Å². The lowest BCUT2D eigenvalue weighted by atomic mass is 10.0. The normalized spacial score (nSPS) is 30.5. The summed E-state index contributed by atoms with van der Waals surface area (Å²) >= 11 is 0. The maximum Gasteiger partial charge on any atom is 0.223 e. The number of carbonyl (C=O) groups excluding carboxylic acids is 1. The molecular weight excluding hydrogens is 200 g/mol. The Hall–Kier alpha value is -0.570. The molecule has 2 atom stereocenters. The number of hydrogen-bond donors (Lipinski definition) is 1. The first-order valence-corrected chi connectivity index (χ1v) is 6.77. The van der Waals surface area contributed by atoms with Gasteiger partial charge in [0.15, 0.2) is 0 Å². The van der Waals surface area contributed by atoms with Gasteiger partial charge in [-0.2, -0.15) is 0 Å². The van der Waals surface area contributed by atoms with Crippen molar-refractivity contribution in [1.29, 1.82) is 0 Å². The standard InChI is InChI=1S/C13H24N2O/c1-3-11-9-15(12(4-2)8-14-11)13(16)7-10-5-6-10/h10-12,14H,3-9H2,1-2H3. The van der Waals surface area contributed by atoms with Gasteiger partial charge in [0.05, 0.1) is 0 Å². The topological polar surface area (TPSA) is 32.3 Å². The van der Waals surface area contributed by atoms with Crippen LogP contribution in [-0.4, -0.2) is 36.0 Å². The maximum atomic E-state index is 12.2. The van der Waals surface area contributed by atoms with Gasteiger partial charge < -0.3 is 10.2 Å². The third kappa shape index (κ3) is 2.76. The summed E-state index contributed by atoms with van der Waals surface area (Å²) in [6, 6.07) is 0.931. The highest BCUT2D eigenvalue weighted by Crippen LogP contribution is 2.33. The number of nitrogens with one attached hydrogen (secondary N) is 1. The highest BCUT2D eigenvalue weighted by atomic mass is 16.2. The number of hydrogen-bond acceptors (Lipinski definition) is 2. The summed E-state index contributed by atoms with van der Waals surface area (Å²) in [6.07, 6.45) is 5.52. The average Bonchev–Trinajstić information content (AvgIpc) is 3.12. The minimum absolute atomic E-state index is 0.398. The molecule has 1 aliphatic carbocycles. The van der Waals surface area contributed by atoms with Gasteiger partial charge in [0.1, 0.15) is 0 Å². The van der Waals surface area contributed by atoms with E-state index < -0.39 is 0 Å². The third-order valence-electron chi connectivity index (χ3n) is 3.94. The Morgan fingerprint density at radius 2 is 2.06 bits per heavy atom. The van der Waals surface area contributed by atoms with Gasteiger partial charge in [-0.1, -0.05) is 13.8 Å². The molecule has 0 spiro atoms. The minimum Gasteiger partial charge on any atom is -0.337 e. The number of nitrogens with zero attached hydrogens (tertiary/aromatic N) is 1. The maximum absolute atomic E-state index is 12.2. The molecule has 0 radical (unpaired) electrons. The van der Waals surface area contributed by atoms with E-state index in [-0.39, 0.29) is 0 Å². The van der Waals surface area contributed by atoms with Crippen LogP contribution in [0, 0.1) is 5.92 Å². The van der Waals surface area contributed by atoms with Gasteiger partial charge in [0.2, 0.25) is 5.91 Å². The van der Waals surface area contributed by atoms with Crippen LogP contribution in [0.4, 0.5) is 0 Å². The van der Waals surface area contributed by atoms with E-state index in [1.807, 2.05) is 0 Å². The van der Waals surface area contributed by atoms with Crippen LogP contribution < -0.4 is 5.32 Å². The third-order valence-corrected chi connectivity index (χ3v) is 3.94. The van der Waals surface area contributed by atoms with Gasteiger partial charge >= 0.3 is 0 Å². The van der Waals surface area contributed by atoms with Crippen LogP contribution in [0.25, 0.3) is 0 Å². The summed E-state index contributed by atoms with van der Waals surface area (Å²) in [6.45, 7) is 6.26. The van der Waals surface area contributed by atoms with E-state index in [0.717, 1.165) is 32.4 Å². The van der Waals surface area contributed by atoms with Crippen LogP contribution in [-0.2, 0) is 4.79 Å². The van der Waals surface area contributed by atoms with Crippen LogP contribution >= 0.6 is 0 Å².